The highest BCUT2D eigenvalue weighted by atomic mass is 16.5. The number of piperazine rings is 1. The summed E-state index contributed by atoms with van der Waals surface area (Å²) in [4.78, 5) is 14.2. The Bertz CT molecular complexity index is 1040. The zero-order valence-corrected chi connectivity index (χ0v) is 17.6. The summed E-state index contributed by atoms with van der Waals surface area (Å²) in [6.07, 6.45) is 3.93. The average molecular weight is 402 g/mol. The van der Waals surface area contributed by atoms with Crippen LogP contribution in [0.5, 0.6) is 5.75 Å². The molecule has 0 saturated carbocycles. The molecule has 3 aromatic rings. The molecule has 1 saturated heterocycles. The lowest BCUT2D eigenvalue weighted by molar-refractivity contribution is 0.313. The van der Waals surface area contributed by atoms with Gasteiger partial charge in [0.1, 0.15) is 5.75 Å². The van der Waals surface area contributed by atoms with Crippen molar-refractivity contribution in [2.24, 2.45) is 0 Å². The van der Waals surface area contributed by atoms with Gasteiger partial charge < -0.3 is 19.9 Å². The van der Waals surface area contributed by atoms with E-state index in [0.29, 0.717) is 5.95 Å². The number of nitrogens with one attached hydrogen (secondary N) is 1. The van der Waals surface area contributed by atoms with Gasteiger partial charge in [0.2, 0.25) is 5.95 Å². The van der Waals surface area contributed by atoms with Gasteiger partial charge in [0.15, 0.2) is 0 Å². The third-order valence-electron chi connectivity index (χ3n) is 6.09. The van der Waals surface area contributed by atoms with Crippen LogP contribution >= 0.6 is 0 Å². The Morgan fingerprint density at radius 3 is 2.47 bits per heavy atom. The number of aromatic nitrogens is 2. The number of anilines is 3. The minimum atomic E-state index is 0.622. The first-order valence-electron chi connectivity index (χ1n) is 10.5. The average Bonchev–Trinajstić information content (AvgIpc) is 2.80. The van der Waals surface area contributed by atoms with Crippen LogP contribution in [-0.2, 0) is 12.8 Å². The maximum absolute atomic E-state index is 5.42. The van der Waals surface area contributed by atoms with Crippen LogP contribution in [0, 0.1) is 0 Å². The summed E-state index contributed by atoms with van der Waals surface area (Å²) in [5.41, 5.74) is 6.90. The molecule has 30 heavy (non-hydrogen) atoms. The van der Waals surface area contributed by atoms with Crippen molar-refractivity contribution in [2.45, 2.75) is 12.8 Å². The molecule has 6 nitrogen and oxygen atoms in total. The number of aryl methyl sites for hydroxylation is 2. The van der Waals surface area contributed by atoms with Crippen LogP contribution in [0.25, 0.3) is 11.3 Å². The lowest BCUT2D eigenvalue weighted by Crippen LogP contribution is -2.44. The van der Waals surface area contributed by atoms with Crippen molar-refractivity contribution < 1.29 is 4.74 Å². The Hall–Kier alpha value is -3.12. The first-order valence-corrected chi connectivity index (χ1v) is 10.5. The molecule has 1 fully saturated rings. The van der Waals surface area contributed by atoms with Gasteiger partial charge in [-0.3, -0.25) is 0 Å². The summed E-state index contributed by atoms with van der Waals surface area (Å²) in [6, 6.07) is 14.8. The van der Waals surface area contributed by atoms with E-state index in [4.69, 9.17) is 9.72 Å². The number of rotatable bonds is 4. The van der Waals surface area contributed by atoms with E-state index in [1.54, 1.807) is 7.11 Å². The molecular formula is C24H27N5O. The van der Waals surface area contributed by atoms with Crippen LogP contribution in [0.1, 0.15) is 11.1 Å². The fraction of sp³-hybridized carbons (Fsp3) is 0.333. The van der Waals surface area contributed by atoms with Crippen molar-refractivity contribution in [3.05, 3.63) is 59.8 Å². The molecule has 5 rings (SSSR count). The molecule has 1 N–H and O–H groups in total. The third kappa shape index (κ3) is 3.71. The molecule has 1 aliphatic carbocycles. The summed E-state index contributed by atoms with van der Waals surface area (Å²) in [6.45, 7) is 4.35. The second-order valence-corrected chi connectivity index (χ2v) is 8.05. The first kappa shape index (κ1) is 18.9. The quantitative estimate of drug-likeness (QED) is 0.719. The van der Waals surface area contributed by atoms with Crippen LogP contribution in [0.15, 0.2) is 48.7 Å². The predicted molar refractivity (Wildman–Crippen MR) is 121 cm³/mol. The van der Waals surface area contributed by atoms with E-state index in [2.05, 4.69) is 63.5 Å². The number of methoxy groups -OCH3 is 1. The van der Waals surface area contributed by atoms with Gasteiger partial charge in [0.05, 0.1) is 12.8 Å². The van der Waals surface area contributed by atoms with Crippen LogP contribution in [0.4, 0.5) is 17.3 Å². The van der Waals surface area contributed by atoms with E-state index < -0.39 is 0 Å². The lowest BCUT2D eigenvalue weighted by Gasteiger charge is -2.34. The van der Waals surface area contributed by atoms with E-state index >= 15 is 0 Å². The molecule has 1 aliphatic heterocycles. The molecule has 0 amide bonds. The molecule has 6 heteroatoms. The number of hydrogen-bond donors (Lipinski definition) is 1. The van der Waals surface area contributed by atoms with Crippen molar-refractivity contribution in [3.8, 4) is 17.0 Å². The Morgan fingerprint density at radius 1 is 0.933 bits per heavy atom. The lowest BCUT2D eigenvalue weighted by atomic mass is 9.90. The number of fused-ring (bicyclic) bond motifs is 3. The number of hydrogen-bond acceptors (Lipinski definition) is 6. The standard InChI is InChI=1S/C24H27N5O/c1-28-11-13-29(14-12-28)20-8-6-19(7-9-20)26-24-25-16-18-4-3-17-5-10-21(30-2)15-22(17)23(18)27-24/h5-10,15-16H,3-4,11-14H2,1-2H3,(H,25,26,27). The fourth-order valence-corrected chi connectivity index (χ4v) is 4.22. The van der Waals surface area contributed by atoms with Gasteiger partial charge >= 0.3 is 0 Å². The predicted octanol–water partition coefficient (Wildman–Crippen LogP) is 3.75. The van der Waals surface area contributed by atoms with Gasteiger partial charge in [-0.25, -0.2) is 9.97 Å². The second kappa shape index (κ2) is 7.95. The number of likely N-dealkylation sites (N-methyl/N-ethyl adjacent to an activating group) is 1. The minimum Gasteiger partial charge on any atom is -0.497 e. The third-order valence-corrected chi connectivity index (χ3v) is 6.09. The molecule has 0 atom stereocenters. The van der Waals surface area contributed by atoms with Crippen molar-refractivity contribution in [1.29, 1.82) is 0 Å². The molecule has 154 valence electrons. The molecule has 0 radical (unpaired) electrons. The maximum Gasteiger partial charge on any atom is 0.227 e. The Labute approximate surface area is 177 Å². The largest absolute Gasteiger partial charge is 0.497 e. The van der Waals surface area contributed by atoms with Crippen molar-refractivity contribution >= 4 is 17.3 Å². The van der Waals surface area contributed by atoms with Gasteiger partial charge in [-0.05, 0) is 67.4 Å². The summed E-state index contributed by atoms with van der Waals surface area (Å²) >= 11 is 0. The fourth-order valence-electron chi connectivity index (χ4n) is 4.22. The topological polar surface area (TPSA) is 53.5 Å². The van der Waals surface area contributed by atoms with Crippen molar-refractivity contribution in [3.63, 3.8) is 0 Å². The van der Waals surface area contributed by atoms with Gasteiger partial charge in [0.25, 0.3) is 0 Å². The number of benzene rings is 2. The number of ether oxygens (including phenoxy) is 1. The van der Waals surface area contributed by atoms with Crippen LogP contribution < -0.4 is 15.0 Å². The molecule has 1 aromatic heterocycles. The summed E-state index contributed by atoms with van der Waals surface area (Å²) in [7, 11) is 3.88. The van der Waals surface area contributed by atoms with E-state index in [1.165, 1.54) is 16.8 Å². The van der Waals surface area contributed by atoms with Crippen molar-refractivity contribution in [1.82, 2.24) is 14.9 Å². The molecule has 0 bridgehead atoms. The van der Waals surface area contributed by atoms with Gasteiger partial charge in [-0.1, -0.05) is 6.07 Å². The smallest absolute Gasteiger partial charge is 0.227 e. The van der Waals surface area contributed by atoms with E-state index in [1.807, 2.05) is 12.3 Å². The normalized spacial score (nSPS) is 16.0. The summed E-state index contributed by atoms with van der Waals surface area (Å²) < 4.78 is 5.42. The highest BCUT2D eigenvalue weighted by molar-refractivity contribution is 5.72. The zero-order valence-electron chi connectivity index (χ0n) is 17.6. The highest BCUT2D eigenvalue weighted by Gasteiger charge is 2.19. The van der Waals surface area contributed by atoms with E-state index in [9.17, 15) is 0 Å². The Balaban J connectivity index is 1.36. The first-order chi connectivity index (χ1) is 14.7. The highest BCUT2D eigenvalue weighted by Crippen LogP contribution is 2.35. The Kier molecular flexibility index (Phi) is 5.01. The van der Waals surface area contributed by atoms with Gasteiger partial charge in [-0.15, -0.1) is 0 Å². The van der Waals surface area contributed by atoms with Crippen LogP contribution in [0.2, 0.25) is 0 Å². The van der Waals surface area contributed by atoms with E-state index in [-0.39, 0.29) is 0 Å². The Morgan fingerprint density at radius 2 is 1.70 bits per heavy atom. The summed E-state index contributed by atoms with van der Waals surface area (Å²) in [5.74, 6) is 1.48. The molecular weight excluding hydrogens is 374 g/mol. The second-order valence-electron chi connectivity index (χ2n) is 8.05. The summed E-state index contributed by atoms with van der Waals surface area (Å²) in [5, 5.41) is 3.37. The maximum atomic E-state index is 5.42. The van der Waals surface area contributed by atoms with Crippen LogP contribution in [-0.4, -0.2) is 55.2 Å². The molecule has 2 aromatic carbocycles. The molecule has 2 aliphatic rings. The molecule has 0 spiro atoms. The number of nitrogens with zero attached hydrogens (tertiary/aromatic N) is 4. The van der Waals surface area contributed by atoms with Gasteiger partial charge in [0, 0.05) is 49.3 Å². The van der Waals surface area contributed by atoms with Crippen molar-refractivity contribution in [2.75, 3.05) is 50.6 Å². The van der Waals surface area contributed by atoms with E-state index in [0.717, 1.165) is 61.7 Å². The minimum absolute atomic E-state index is 0.622. The monoisotopic (exact) mass is 401 g/mol. The SMILES string of the molecule is COc1ccc2c(c1)-c1nc(Nc3ccc(N4CCN(C)CC4)cc3)ncc1CC2. The molecule has 0 unspecified atom stereocenters. The zero-order chi connectivity index (χ0) is 20.5. The molecule has 2 heterocycles. The van der Waals surface area contributed by atoms with Crippen LogP contribution in [0.3, 0.4) is 0 Å². The van der Waals surface area contributed by atoms with Gasteiger partial charge in [-0.2, -0.15) is 0 Å².